The van der Waals surface area contributed by atoms with E-state index in [1.54, 1.807) is 39.1 Å². The standard InChI is InChI=1S/C19H28BrN3O3/c1-12-5-7-13(8-6-12)16(23-18(25)26-19(2,3)4)17(24)22-15-10-9-14(20)11-21-15/h9-13,16H,5-8H2,1-4H3,(H,23,25)(H,21,22,24)/t12?,13?,16-/m0/s1. The fourth-order valence-corrected chi connectivity index (χ4v) is 3.34. The molecule has 0 bridgehead atoms. The number of hydrogen-bond acceptors (Lipinski definition) is 4. The van der Waals surface area contributed by atoms with Crippen LogP contribution in [0.3, 0.4) is 0 Å². The van der Waals surface area contributed by atoms with Crippen molar-refractivity contribution < 1.29 is 14.3 Å². The first-order chi connectivity index (χ1) is 12.1. The van der Waals surface area contributed by atoms with E-state index in [0.717, 1.165) is 30.2 Å². The van der Waals surface area contributed by atoms with Gasteiger partial charge in [-0.1, -0.05) is 19.8 Å². The Labute approximate surface area is 163 Å². The number of carbonyl (C=O) groups is 2. The quantitative estimate of drug-likeness (QED) is 0.743. The summed E-state index contributed by atoms with van der Waals surface area (Å²) in [5.74, 6) is 0.947. The Hall–Kier alpha value is -1.63. The van der Waals surface area contributed by atoms with Crippen molar-refractivity contribution in [3.05, 3.63) is 22.8 Å². The molecule has 7 heteroatoms. The summed E-state index contributed by atoms with van der Waals surface area (Å²) >= 11 is 3.32. The minimum Gasteiger partial charge on any atom is -0.444 e. The number of amides is 2. The summed E-state index contributed by atoms with van der Waals surface area (Å²) < 4.78 is 6.18. The van der Waals surface area contributed by atoms with Crippen molar-refractivity contribution in [1.82, 2.24) is 10.3 Å². The molecule has 0 radical (unpaired) electrons. The third kappa shape index (κ3) is 6.59. The van der Waals surface area contributed by atoms with E-state index in [9.17, 15) is 9.59 Å². The van der Waals surface area contributed by atoms with Gasteiger partial charge in [0, 0.05) is 10.7 Å². The van der Waals surface area contributed by atoms with Gasteiger partial charge >= 0.3 is 6.09 Å². The van der Waals surface area contributed by atoms with Crippen molar-refractivity contribution in [2.45, 2.75) is 65.0 Å². The highest BCUT2D eigenvalue weighted by Gasteiger charge is 2.33. The normalized spacial score (nSPS) is 21.6. The fourth-order valence-electron chi connectivity index (χ4n) is 3.10. The molecule has 2 rings (SSSR count). The van der Waals surface area contributed by atoms with Gasteiger partial charge in [0.1, 0.15) is 17.5 Å². The number of carbonyl (C=O) groups excluding carboxylic acids is 2. The van der Waals surface area contributed by atoms with Gasteiger partial charge in [0.15, 0.2) is 0 Å². The van der Waals surface area contributed by atoms with E-state index in [2.05, 4.69) is 38.5 Å². The predicted molar refractivity (Wildman–Crippen MR) is 105 cm³/mol. The van der Waals surface area contributed by atoms with Gasteiger partial charge in [0.2, 0.25) is 5.91 Å². The molecule has 2 amide bonds. The number of hydrogen-bond donors (Lipinski definition) is 2. The van der Waals surface area contributed by atoms with Crippen LogP contribution >= 0.6 is 15.9 Å². The molecule has 1 aromatic heterocycles. The Morgan fingerprint density at radius 1 is 1.23 bits per heavy atom. The first-order valence-electron chi connectivity index (χ1n) is 9.06. The molecule has 26 heavy (non-hydrogen) atoms. The average Bonchev–Trinajstić information content (AvgIpc) is 2.54. The van der Waals surface area contributed by atoms with Crippen molar-refractivity contribution >= 4 is 33.7 Å². The van der Waals surface area contributed by atoms with Crippen molar-refractivity contribution in [1.29, 1.82) is 0 Å². The molecule has 0 saturated heterocycles. The number of nitrogens with one attached hydrogen (secondary N) is 2. The lowest BCUT2D eigenvalue weighted by Crippen LogP contribution is -2.50. The van der Waals surface area contributed by atoms with E-state index in [1.165, 1.54) is 0 Å². The summed E-state index contributed by atoms with van der Waals surface area (Å²) in [5.41, 5.74) is -0.612. The van der Waals surface area contributed by atoms with Crippen LogP contribution < -0.4 is 10.6 Å². The second kappa shape index (κ2) is 8.84. The summed E-state index contributed by atoms with van der Waals surface area (Å²) in [6.07, 6.45) is 4.97. The van der Waals surface area contributed by atoms with Gasteiger partial charge in [-0.15, -0.1) is 0 Å². The Bertz CT molecular complexity index is 620. The highest BCUT2D eigenvalue weighted by Crippen LogP contribution is 2.31. The van der Waals surface area contributed by atoms with Gasteiger partial charge < -0.3 is 15.4 Å². The van der Waals surface area contributed by atoms with Gasteiger partial charge in [-0.05, 0) is 73.5 Å². The van der Waals surface area contributed by atoms with Crippen molar-refractivity contribution in [3.63, 3.8) is 0 Å². The monoisotopic (exact) mass is 425 g/mol. The van der Waals surface area contributed by atoms with E-state index < -0.39 is 17.7 Å². The third-order valence-corrected chi connectivity index (χ3v) is 4.93. The van der Waals surface area contributed by atoms with Crippen LogP contribution in [0.25, 0.3) is 0 Å². The highest BCUT2D eigenvalue weighted by atomic mass is 79.9. The maximum absolute atomic E-state index is 12.8. The molecule has 6 nitrogen and oxygen atoms in total. The van der Waals surface area contributed by atoms with E-state index in [-0.39, 0.29) is 11.8 Å². The number of anilines is 1. The Morgan fingerprint density at radius 3 is 2.42 bits per heavy atom. The van der Waals surface area contributed by atoms with Crippen LogP contribution in [0.4, 0.5) is 10.6 Å². The topological polar surface area (TPSA) is 80.3 Å². The molecular formula is C19H28BrN3O3. The molecule has 1 heterocycles. The van der Waals surface area contributed by atoms with Gasteiger partial charge in [0.05, 0.1) is 0 Å². The number of rotatable bonds is 4. The van der Waals surface area contributed by atoms with E-state index >= 15 is 0 Å². The lowest BCUT2D eigenvalue weighted by Gasteiger charge is -2.32. The number of halogens is 1. The molecular weight excluding hydrogens is 398 g/mol. The first-order valence-corrected chi connectivity index (χ1v) is 9.85. The molecule has 0 spiro atoms. The summed E-state index contributed by atoms with van der Waals surface area (Å²) in [6.45, 7) is 7.62. The van der Waals surface area contributed by atoms with Crippen molar-refractivity contribution in [2.75, 3.05) is 5.32 Å². The van der Waals surface area contributed by atoms with Crippen LogP contribution in [0, 0.1) is 11.8 Å². The number of nitrogens with zero attached hydrogens (tertiary/aromatic N) is 1. The number of ether oxygens (including phenoxy) is 1. The third-order valence-electron chi connectivity index (χ3n) is 4.47. The summed E-state index contributed by atoms with van der Waals surface area (Å²) in [4.78, 5) is 29.3. The van der Waals surface area contributed by atoms with Gasteiger partial charge in [-0.2, -0.15) is 0 Å². The second-order valence-electron chi connectivity index (χ2n) is 7.99. The zero-order valence-electron chi connectivity index (χ0n) is 15.8. The van der Waals surface area contributed by atoms with Crippen LogP contribution in [0.15, 0.2) is 22.8 Å². The largest absolute Gasteiger partial charge is 0.444 e. The van der Waals surface area contributed by atoms with Crippen LogP contribution in [0.1, 0.15) is 53.4 Å². The Morgan fingerprint density at radius 2 is 1.88 bits per heavy atom. The van der Waals surface area contributed by atoms with Crippen LogP contribution in [0.5, 0.6) is 0 Å². The van der Waals surface area contributed by atoms with E-state index in [4.69, 9.17) is 4.74 Å². The second-order valence-corrected chi connectivity index (χ2v) is 8.91. The number of pyridine rings is 1. The number of aromatic nitrogens is 1. The highest BCUT2D eigenvalue weighted by molar-refractivity contribution is 9.10. The minimum atomic E-state index is -0.636. The fraction of sp³-hybridized carbons (Fsp3) is 0.632. The van der Waals surface area contributed by atoms with Crippen molar-refractivity contribution in [2.24, 2.45) is 11.8 Å². The molecule has 1 saturated carbocycles. The lowest BCUT2D eigenvalue weighted by molar-refractivity contribution is -0.119. The summed E-state index contributed by atoms with van der Waals surface area (Å²) in [5, 5.41) is 5.58. The Kier molecular flexibility index (Phi) is 7.03. The molecule has 0 aliphatic heterocycles. The molecule has 0 unspecified atom stereocenters. The Balaban J connectivity index is 2.09. The first kappa shape index (κ1) is 20.7. The zero-order valence-corrected chi connectivity index (χ0v) is 17.4. The zero-order chi connectivity index (χ0) is 19.3. The van der Waals surface area contributed by atoms with Gasteiger partial charge in [-0.25, -0.2) is 9.78 Å². The molecule has 1 aliphatic carbocycles. The average molecular weight is 426 g/mol. The van der Waals surface area contributed by atoms with Gasteiger partial charge in [0.25, 0.3) is 0 Å². The van der Waals surface area contributed by atoms with Gasteiger partial charge in [-0.3, -0.25) is 4.79 Å². The molecule has 144 valence electrons. The molecule has 1 atom stereocenters. The molecule has 1 aliphatic rings. The van der Waals surface area contributed by atoms with E-state index in [0.29, 0.717) is 11.7 Å². The molecule has 1 fully saturated rings. The smallest absolute Gasteiger partial charge is 0.408 e. The van der Waals surface area contributed by atoms with Crippen LogP contribution in [0.2, 0.25) is 0 Å². The minimum absolute atomic E-state index is 0.0918. The lowest BCUT2D eigenvalue weighted by atomic mass is 9.79. The molecule has 1 aromatic rings. The summed E-state index contributed by atoms with van der Waals surface area (Å²) in [6, 6.07) is 2.89. The van der Waals surface area contributed by atoms with Crippen molar-refractivity contribution in [3.8, 4) is 0 Å². The van der Waals surface area contributed by atoms with Crippen LogP contribution in [-0.4, -0.2) is 28.6 Å². The van der Waals surface area contributed by atoms with E-state index in [1.807, 2.05) is 0 Å². The predicted octanol–water partition coefficient (Wildman–Crippen LogP) is 4.50. The molecule has 2 N–H and O–H groups in total. The maximum atomic E-state index is 12.8. The number of alkyl carbamates (subject to hydrolysis) is 1. The maximum Gasteiger partial charge on any atom is 0.408 e. The summed E-state index contributed by atoms with van der Waals surface area (Å²) in [7, 11) is 0. The SMILES string of the molecule is CC1CCC([C@H](NC(=O)OC(C)(C)C)C(=O)Nc2ccc(Br)cn2)CC1. The van der Waals surface area contributed by atoms with Crippen LogP contribution in [-0.2, 0) is 9.53 Å². The molecule has 0 aromatic carbocycles.